The molecule has 0 bridgehead atoms. The van der Waals surface area contributed by atoms with Gasteiger partial charge in [0.15, 0.2) is 0 Å². The van der Waals surface area contributed by atoms with Crippen LogP contribution >= 0.6 is 11.3 Å². The minimum Gasteiger partial charge on any atom is -0.492 e. The maximum Gasteiger partial charge on any atom is 0.234 e. The second-order valence-corrected chi connectivity index (χ2v) is 4.71. The largest absolute Gasteiger partial charge is 0.492 e. The number of tetrazole rings is 1. The van der Waals surface area contributed by atoms with Crippen LogP contribution in [0.2, 0.25) is 0 Å². The molecule has 0 saturated carbocycles. The first kappa shape index (κ1) is 11.7. The first-order valence-corrected chi connectivity index (χ1v) is 6.48. The Bertz CT molecular complexity index is 692. The minimum atomic E-state index is -0.0838. The van der Waals surface area contributed by atoms with Crippen LogP contribution in [0.4, 0.5) is 0 Å². The fraction of sp³-hybridized carbons (Fsp3) is 0.182. The lowest BCUT2D eigenvalue weighted by Crippen LogP contribution is -1.98. The number of hydrogen-bond acceptors (Lipinski definition) is 7. The summed E-state index contributed by atoms with van der Waals surface area (Å²) < 4.78 is 0. The van der Waals surface area contributed by atoms with E-state index >= 15 is 0 Å². The van der Waals surface area contributed by atoms with Crippen LogP contribution < -0.4 is 0 Å². The Morgan fingerprint density at radius 3 is 3.00 bits per heavy atom. The highest BCUT2D eigenvalue weighted by Crippen LogP contribution is 2.36. The van der Waals surface area contributed by atoms with E-state index in [4.69, 9.17) is 0 Å². The number of aromatic nitrogens is 6. The second kappa shape index (κ2) is 4.73. The molecular weight excluding hydrogens is 264 g/mol. The Kier molecular flexibility index (Phi) is 2.92. The van der Waals surface area contributed by atoms with Crippen molar-refractivity contribution in [1.82, 2.24) is 30.2 Å². The molecule has 0 atom stereocenters. The summed E-state index contributed by atoms with van der Waals surface area (Å²) >= 11 is 1.31. The molecule has 3 heterocycles. The van der Waals surface area contributed by atoms with E-state index in [1.165, 1.54) is 16.1 Å². The van der Waals surface area contributed by atoms with Crippen molar-refractivity contribution in [2.45, 2.75) is 13.5 Å². The van der Waals surface area contributed by atoms with Gasteiger partial charge in [0.05, 0.1) is 6.54 Å². The van der Waals surface area contributed by atoms with E-state index in [0.29, 0.717) is 22.3 Å². The SMILES string of the molecule is CCn1nnc(-c2sc(-c3cccnc3)nc2O)n1. The van der Waals surface area contributed by atoms with Crippen molar-refractivity contribution in [2.24, 2.45) is 0 Å². The molecule has 96 valence electrons. The van der Waals surface area contributed by atoms with Crippen LogP contribution in [0.1, 0.15) is 6.92 Å². The van der Waals surface area contributed by atoms with Gasteiger partial charge in [0, 0.05) is 18.0 Å². The summed E-state index contributed by atoms with van der Waals surface area (Å²) in [5.74, 6) is 0.298. The molecule has 3 rings (SSSR count). The van der Waals surface area contributed by atoms with E-state index in [2.05, 4.69) is 25.4 Å². The highest BCUT2D eigenvalue weighted by molar-refractivity contribution is 7.18. The van der Waals surface area contributed by atoms with Gasteiger partial charge in [0.25, 0.3) is 0 Å². The third-order valence-corrected chi connectivity index (χ3v) is 3.55. The molecule has 0 amide bonds. The Morgan fingerprint density at radius 2 is 2.32 bits per heavy atom. The molecule has 0 unspecified atom stereocenters. The summed E-state index contributed by atoms with van der Waals surface area (Å²) in [5, 5.41) is 22.5. The molecule has 3 aromatic rings. The zero-order valence-corrected chi connectivity index (χ0v) is 10.9. The van der Waals surface area contributed by atoms with Crippen LogP contribution in [0.3, 0.4) is 0 Å². The topological polar surface area (TPSA) is 89.6 Å². The monoisotopic (exact) mass is 274 g/mol. The maximum atomic E-state index is 9.89. The van der Waals surface area contributed by atoms with Gasteiger partial charge in [0.2, 0.25) is 11.7 Å². The van der Waals surface area contributed by atoms with E-state index in [1.54, 1.807) is 12.4 Å². The van der Waals surface area contributed by atoms with Gasteiger partial charge in [-0.2, -0.15) is 4.80 Å². The van der Waals surface area contributed by atoms with Crippen molar-refractivity contribution < 1.29 is 5.11 Å². The van der Waals surface area contributed by atoms with E-state index in [0.717, 1.165) is 5.56 Å². The summed E-state index contributed by atoms with van der Waals surface area (Å²) in [6, 6.07) is 3.70. The Hall–Kier alpha value is -2.35. The predicted octanol–water partition coefficient (Wildman–Crippen LogP) is 1.58. The number of aromatic hydroxyl groups is 1. The number of rotatable bonds is 3. The zero-order chi connectivity index (χ0) is 13.2. The fourth-order valence-corrected chi connectivity index (χ4v) is 2.41. The van der Waals surface area contributed by atoms with E-state index in [1.807, 2.05) is 19.1 Å². The molecule has 8 heteroatoms. The minimum absolute atomic E-state index is 0.0838. The van der Waals surface area contributed by atoms with E-state index in [9.17, 15) is 5.11 Å². The molecule has 0 saturated heterocycles. The fourth-order valence-electron chi connectivity index (χ4n) is 1.54. The van der Waals surface area contributed by atoms with Crippen molar-refractivity contribution in [3.63, 3.8) is 0 Å². The van der Waals surface area contributed by atoms with Gasteiger partial charge in [-0.05, 0) is 24.3 Å². The van der Waals surface area contributed by atoms with Gasteiger partial charge >= 0.3 is 0 Å². The quantitative estimate of drug-likeness (QED) is 0.780. The van der Waals surface area contributed by atoms with Gasteiger partial charge in [-0.3, -0.25) is 4.98 Å². The summed E-state index contributed by atoms with van der Waals surface area (Å²) in [6.07, 6.45) is 3.38. The number of aryl methyl sites for hydroxylation is 1. The maximum absolute atomic E-state index is 9.89. The molecule has 3 aromatic heterocycles. The molecule has 0 aromatic carbocycles. The normalized spacial score (nSPS) is 10.8. The molecule has 0 aliphatic rings. The van der Waals surface area contributed by atoms with Gasteiger partial charge in [-0.25, -0.2) is 4.98 Å². The number of hydrogen-bond donors (Lipinski definition) is 1. The molecule has 7 nitrogen and oxygen atoms in total. The smallest absolute Gasteiger partial charge is 0.234 e. The van der Waals surface area contributed by atoms with Crippen molar-refractivity contribution in [1.29, 1.82) is 0 Å². The molecule has 0 radical (unpaired) electrons. The van der Waals surface area contributed by atoms with Crippen molar-refractivity contribution in [3.05, 3.63) is 24.5 Å². The number of pyridine rings is 1. The lowest BCUT2D eigenvalue weighted by molar-refractivity contribution is 0.459. The van der Waals surface area contributed by atoms with Crippen LogP contribution in [0, 0.1) is 0 Å². The van der Waals surface area contributed by atoms with Crippen LogP contribution in [0.5, 0.6) is 5.88 Å². The Labute approximate surface area is 112 Å². The summed E-state index contributed by atoms with van der Waals surface area (Å²) in [6.45, 7) is 2.54. The molecule has 0 spiro atoms. The lowest BCUT2D eigenvalue weighted by atomic mass is 10.3. The van der Waals surface area contributed by atoms with Gasteiger partial charge in [-0.1, -0.05) is 0 Å². The first-order chi connectivity index (χ1) is 9.28. The Morgan fingerprint density at radius 1 is 1.42 bits per heavy atom. The van der Waals surface area contributed by atoms with Crippen molar-refractivity contribution in [3.8, 4) is 27.2 Å². The second-order valence-electron chi connectivity index (χ2n) is 3.72. The van der Waals surface area contributed by atoms with E-state index < -0.39 is 0 Å². The third kappa shape index (κ3) is 2.17. The number of nitrogens with zero attached hydrogens (tertiary/aromatic N) is 6. The lowest BCUT2D eigenvalue weighted by Gasteiger charge is -1.91. The van der Waals surface area contributed by atoms with Crippen molar-refractivity contribution in [2.75, 3.05) is 0 Å². The van der Waals surface area contributed by atoms with Crippen LogP contribution in [0.25, 0.3) is 21.3 Å². The molecule has 0 aliphatic carbocycles. The number of thiazole rings is 1. The highest BCUT2D eigenvalue weighted by Gasteiger charge is 2.17. The summed E-state index contributed by atoms with van der Waals surface area (Å²) in [5.41, 5.74) is 0.844. The first-order valence-electron chi connectivity index (χ1n) is 5.66. The average Bonchev–Trinajstić information content (AvgIpc) is 3.06. The average molecular weight is 274 g/mol. The van der Waals surface area contributed by atoms with Gasteiger partial charge < -0.3 is 5.11 Å². The van der Waals surface area contributed by atoms with Crippen LogP contribution in [-0.2, 0) is 6.54 Å². The Balaban J connectivity index is 2.02. The van der Waals surface area contributed by atoms with Crippen molar-refractivity contribution >= 4 is 11.3 Å². The zero-order valence-electron chi connectivity index (χ0n) is 10.1. The summed E-state index contributed by atoms with van der Waals surface area (Å²) in [7, 11) is 0. The predicted molar refractivity (Wildman–Crippen MR) is 69.5 cm³/mol. The third-order valence-electron chi connectivity index (χ3n) is 2.46. The highest BCUT2D eigenvalue weighted by atomic mass is 32.1. The molecule has 0 aliphatic heterocycles. The van der Waals surface area contributed by atoms with Crippen LogP contribution in [-0.4, -0.2) is 35.3 Å². The van der Waals surface area contributed by atoms with Gasteiger partial charge in [0.1, 0.15) is 9.88 Å². The van der Waals surface area contributed by atoms with Crippen LogP contribution in [0.15, 0.2) is 24.5 Å². The summed E-state index contributed by atoms with van der Waals surface area (Å²) in [4.78, 5) is 10.1. The molecule has 19 heavy (non-hydrogen) atoms. The molecule has 1 N–H and O–H groups in total. The molecule has 0 fully saturated rings. The van der Waals surface area contributed by atoms with E-state index in [-0.39, 0.29) is 5.88 Å². The standard InChI is InChI=1S/C11H10N6OS/c1-2-17-15-9(14-16-17)8-10(18)13-11(19-8)7-4-3-5-12-6-7/h3-6,18H,2H2,1H3. The van der Waals surface area contributed by atoms with Gasteiger partial charge in [-0.15, -0.1) is 21.5 Å². The molecular formula is C11H10N6OS.